The fourth-order valence-electron chi connectivity index (χ4n) is 2.52. The van der Waals surface area contributed by atoms with Gasteiger partial charge in [-0.1, -0.05) is 12.1 Å². The second-order valence-electron chi connectivity index (χ2n) is 5.53. The van der Waals surface area contributed by atoms with Crippen LogP contribution in [0.3, 0.4) is 0 Å². The molecule has 2 atom stereocenters. The number of thioether (sulfide) groups is 1. The highest BCUT2D eigenvalue weighted by atomic mass is 32.2. The first-order chi connectivity index (χ1) is 10.1. The van der Waals surface area contributed by atoms with Crippen LogP contribution in [0.5, 0.6) is 0 Å². The Balaban J connectivity index is 1.90. The summed E-state index contributed by atoms with van der Waals surface area (Å²) in [5.74, 6) is 1.12. The average molecular weight is 308 g/mol. The maximum absolute atomic E-state index is 12.3. The third-order valence-electron chi connectivity index (χ3n) is 3.51. The summed E-state index contributed by atoms with van der Waals surface area (Å²) in [5, 5.41) is 2.96. The number of aryl methyl sites for hydroxylation is 1. The predicted molar refractivity (Wildman–Crippen MR) is 89.1 cm³/mol. The van der Waals surface area contributed by atoms with E-state index in [1.54, 1.807) is 0 Å². The number of morpholine rings is 1. The van der Waals surface area contributed by atoms with Gasteiger partial charge in [0.05, 0.1) is 12.2 Å². The van der Waals surface area contributed by atoms with E-state index in [1.165, 1.54) is 5.56 Å². The van der Waals surface area contributed by atoms with Crippen LogP contribution in [0.1, 0.15) is 19.4 Å². The van der Waals surface area contributed by atoms with Gasteiger partial charge in [0.2, 0.25) is 0 Å². The number of hydrogen-bond donors (Lipinski definition) is 1. The van der Waals surface area contributed by atoms with E-state index in [1.807, 2.05) is 42.6 Å². The largest absolute Gasteiger partial charge is 0.372 e. The first kappa shape index (κ1) is 16.2. The lowest BCUT2D eigenvalue weighted by Crippen LogP contribution is -2.49. The van der Waals surface area contributed by atoms with Crippen LogP contribution >= 0.6 is 11.8 Å². The molecule has 1 aliphatic heterocycles. The minimum Gasteiger partial charge on any atom is -0.372 e. The van der Waals surface area contributed by atoms with Crippen LogP contribution < -0.4 is 5.32 Å². The number of anilines is 1. The normalized spacial score (nSPS) is 22.1. The Bertz CT molecular complexity index is 454. The highest BCUT2D eigenvalue weighted by Gasteiger charge is 2.25. The lowest BCUT2D eigenvalue weighted by atomic mass is 10.1. The minimum atomic E-state index is -0.0473. The quantitative estimate of drug-likeness (QED) is 0.928. The first-order valence-electron chi connectivity index (χ1n) is 7.37. The van der Waals surface area contributed by atoms with Crippen LogP contribution in [0.4, 0.5) is 10.5 Å². The van der Waals surface area contributed by atoms with Crippen LogP contribution in [0, 0.1) is 0 Å². The van der Waals surface area contributed by atoms with Crippen molar-refractivity contribution in [1.82, 2.24) is 4.90 Å². The molecule has 1 heterocycles. The van der Waals surface area contributed by atoms with E-state index >= 15 is 0 Å². The number of hydrogen-bond acceptors (Lipinski definition) is 3. The number of nitrogens with zero attached hydrogens (tertiary/aromatic N) is 1. The van der Waals surface area contributed by atoms with Crippen LogP contribution in [0.15, 0.2) is 24.3 Å². The first-order valence-corrected chi connectivity index (χ1v) is 8.77. The van der Waals surface area contributed by atoms with E-state index in [4.69, 9.17) is 4.74 Å². The molecule has 116 valence electrons. The molecule has 0 radical (unpaired) electrons. The predicted octanol–water partition coefficient (Wildman–Crippen LogP) is 3.23. The summed E-state index contributed by atoms with van der Waals surface area (Å²) in [6.45, 7) is 5.27. The van der Waals surface area contributed by atoms with Gasteiger partial charge >= 0.3 is 6.03 Å². The summed E-state index contributed by atoms with van der Waals surface area (Å²) in [4.78, 5) is 14.1. The van der Waals surface area contributed by atoms with E-state index in [2.05, 4.69) is 23.7 Å². The molecular formula is C16H24N2O2S. The zero-order chi connectivity index (χ0) is 15.2. The number of carbonyl (C=O) groups is 1. The Labute approximate surface area is 131 Å². The Hall–Kier alpha value is -1.20. The number of carbonyl (C=O) groups excluding carboxylic acids is 1. The van der Waals surface area contributed by atoms with Gasteiger partial charge in [-0.15, -0.1) is 0 Å². The average Bonchev–Trinajstić information content (AvgIpc) is 2.45. The lowest BCUT2D eigenvalue weighted by molar-refractivity contribution is -0.0530. The van der Waals surface area contributed by atoms with Crippen molar-refractivity contribution in [3.8, 4) is 0 Å². The van der Waals surface area contributed by atoms with Crippen molar-refractivity contribution in [1.29, 1.82) is 0 Å². The third-order valence-corrected chi connectivity index (χ3v) is 4.12. The molecule has 0 spiro atoms. The zero-order valence-corrected chi connectivity index (χ0v) is 13.8. The van der Waals surface area contributed by atoms with Gasteiger partial charge in [0, 0.05) is 18.8 Å². The summed E-state index contributed by atoms with van der Waals surface area (Å²) >= 11 is 1.84. The van der Waals surface area contributed by atoms with E-state index in [0.717, 1.165) is 17.9 Å². The molecule has 0 bridgehead atoms. The van der Waals surface area contributed by atoms with Crippen LogP contribution in [-0.4, -0.2) is 48.2 Å². The van der Waals surface area contributed by atoms with E-state index in [0.29, 0.717) is 13.1 Å². The fraction of sp³-hybridized carbons (Fsp3) is 0.562. The van der Waals surface area contributed by atoms with Crippen molar-refractivity contribution in [2.24, 2.45) is 0 Å². The Morgan fingerprint density at radius 3 is 2.48 bits per heavy atom. The Kier molecular flexibility index (Phi) is 5.94. The van der Waals surface area contributed by atoms with Crippen LogP contribution in [0.2, 0.25) is 0 Å². The van der Waals surface area contributed by atoms with Crippen LogP contribution in [0.25, 0.3) is 0 Å². The maximum Gasteiger partial charge on any atom is 0.322 e. The molecule has 2 rings (SSSR count). The minimum absolute atomic E-state index is 0.0473. The second kappa shape index (κ2) is 7.71. The molecule has 1 saturated heterocycles. The van der Waals surface area contributed by atoms with Gasteiger partial charge in [0.1, 0.15) is 0 Å². The van der Waals surface area contributed by atoms with Gasteiger partial charge in [-0.2, -0.15) is 11.8 Å². The van der Waals surface area contributed by atoms with Crippen molar-refractivity contribution >= 4 is 23.5 Å². The molecule has 21 heavy (non-hydrogen) atoms. The standard InChI is InChI=1S/C16H24N2O2S/c1-12-10-18(11-13(2)20-12)16(19)17-15-6-4-14(5-7-15)8-9-21-3/h4-7,12-13H,8-11H2,1-3H3,(H,17,19)/t12-,13-/m1/s1. The van der Waals surface area contributed by atoms with Crippen molar-refractivity contribution in [2.75, 3.05) is 30.4 Å². The van der Waals surface area contributed by atoms with Gasteiger partial charge in [0.15, 0.2) is 0 Å². The van der Waals surface area contributed by atoms with Gasteiger partial charge in [-0.25, -0.2) is 4.79 Å². The SMILES string of the molecule is CSCCc1ccc(NC(=O)N2C[C@@H](C)O[C@H](C)C2)cc1. The molecule has 1 N–H and O–H groups in total. The molecule has 1 fully saturated rings. The molecule has 0 aliphatic carbocycles. The smallest absolute Gasteiger partial charge is 0.322 e. The van der Waals surface area contributed by atoms with E-state index in [9.17, 15) is 4.79 Å². The molecule has 5 heteroatoms. The third kappa shape index (κ3) is 4.93. The molecule has 2 amide bonds. The number of rotatable bonds is 4. The highest BCUT2D eigenvalue weighted by molar-refractivity contribution is 7.98. The number of ether oxygens (including phenoxy) is 1. The van der Waals surface area contributed by atoms with Crippen molar-refractivity contribution < 1.29 is 9.53 Å². The number of amides is 2. The topological polar surface area (TPSA) is 41.6 Å². The van der Waals surface area contributed by atoms with Crippen LogP contribution in [-0.2, 0) is 11.2 Å². The van der Waals surface area contributed by atoms with Crippen molar-refractivity contribution in [3.63, 3.8) is 0 Å². The summed E-state index contributed by atoms with van der Waals surface area (Å²) in [6, 6.07) is 8.06. The molecule has 1 aliphatic rings. The van der Waals surface area contributed by atoms with Gasteiger partial charge in [-0.05, 0) is 50.0 Å². The fourth-order valence-corrected chi connectivity index (χ4v) is 2.96. The highest BCUT2D eigenvalue weighted by Crippen LogP contribution is 2.15. The molecule has 0 unspecified atom stereocenters. The zero-order valence-electron chi connectivity index (χ0n) is 13.0. The Morgan fingerprint density at radius 2 is 1.90 bits per heavy atom. The molecular weight excluding hydrogens is 284 g/mol. The van der Waals surface area contributed by atoms with Gasteiger partial charge in [0.25, 0.3) is 0 Å². The second-order valence-corrected chi connectivity index (χ2v) is 6.52. The van der Waals surface area contributed by atoms with E-state index in [-0.39, 0.29) is 18.2 Å². The Morgan fingerprint density at radius 1 is 1.29 bits per heavy atom. The summed E-state index contributed by atoms with van der Waals surface area (Å²) < 4.78 is 5.65. The maximum atomic E-state index is 12.3. The van der Waals surface area contributed by atoms with Gasteiger partial charge < -0.3 is 15.0 Å². The molecule has 1 aromatic rings. The summed E-state index contributed by atoms with van der Waals surface area (Å²) in [6.07, 6.45) is 3.36. The van der Waals surface area contributed by atoms with Crippen molar-refractivity contribution in [2.45, 2.75) is 32.5 Å². The molecule has 1 aromatic carbocycles. The monoisotopic (exact) mass is 308 g/mol. The number of benzene rings is 1. The van der Waals surface area contributed by atoms with Crippen molar-refractivity contribution in [3.05, 3.63) is 29.8 Å². The van der Waals surface area contributed by atoms with E-state index < -0.39 is 0 Å². The summed E-state index contributed by atoms with van der Waals surface area (Å²) in [5.41, 5.74) is 2.15. The number of urea groups is 1. The lowest BCUT2D eigenvalue weighted by Gasteiger charge is -2.35. The van der Waals surface area contributed by atoms with Gasteiger partial charge in [-0.3, -0.25) is 0 Å². The number of nitrogens with one attached hydrogen (secondary N) is 1. The summed E-state index contributed by atoms with van der Waals surface area (Å²) in [7, 11) is 0. The molecule has 4 nitrogen and oxygen atoms in total. The molecule has 0 aromatic heterocycles. The molecule has 0 saturated carbocycles.